The normalized spacial score (nSPS) is 15.9. The minimum atomic E-state index is 0.616. The Balaban J connectivity index is 1.85. The molecule has 2 rings (SSSR count). The second-order valence-corrected chi connectivity index (χ2v) is 7.01. The monoisotopic (exact) mass is 289 g/mol. The number of likely N-dealkylation sites (N-methyl/N-ethyl adjacent to an activating group) is 2. The first-order chi connectivity index (χ1) is 9.97. The smallest absolute Gasteiger partial charge is 0.0397 e. The van der Waals surface area contributed by atoms with Crippen LogP contribution in [-0.2, 0) is 13.0 Å². The number of anilines is 1. The molecule has 118 valence electrons. The van der Waals surface area contributed by atoms with Gasteiger partial charge in [-0.1, -0.05) is 26.0 Å². The quantitative estimate of drug-likeness (QED) is 0.832. The molecule has 1 atom stereocenters. The maximum Gasteiger partial charge on any atom is 0.0397 e. The van der Waals surface area contributed by atoms with E-state index in [1.54, 1.807) is 0 Å². The van der Waals surface area contributed by atoms with Crippen LogP contribution >= 0.6 is 0 Å². The molecule has 1 aliphatic heterocycles. The summed E-state index contributed by atoms with van der Waals surface area (Å²) in [6.45, 7) is 7.78. The molecule has 0 amide bonds. The fraction of sp³-hybridized carbons (Fsp3) is 0.667. The summed E-state index contributed by atoms with van der Waals surface area (Å²) in [5, 5.41) is 3.64. The molecule has 1 aromatic rings. The van der Waals surface area contributed by atoms with Gasteiger partial charge in [0.2, 0.25) is 0 Å². The van der Waals surface area contributed by atoms with Crippen LogP contribution < -0.4 is 10.2 Å². The highest BCUT2D eigenvalue weighted by atomic mass is 15.1. The minimum absolute atomic E-state index is 0.616. The van der Waals surface area contributed by atoms with Crippen LogP contribution in [0.3, 0.4) is 0 Å². The van der Waals surface area contributed by atoms with E-state index in [9.17, 15) is 0 Å². The van der Waals surface area contributed by atoms with Crippen LogP contribution in [-0.4, -0.2) is 45.2 Å². The number of hydrogen-bond acceptors (Lipinski definition) is 3. The van der Waals surface area contributed by atoms with Crippen LogP contribution in [0.25, 0.3) is 0 Å². The number of rotatable bonds is 7. The summed E-state index contributed by atoms with van der Waals surface area (Å²) in [5.41, 5.74) is 4.32. The van der Waals surface area contributed by atoms with Crippen molar-refractivity contribution in [3.63, 3.8) is 0 Å². The lowest BCUT2D eigenvalue weighted by molar-refractivity contribution is 0.246. The molecule has 1 N–H and O–H groups in total. The summed E-state index contributed by atoms with van der Waals surface area (Å²) in [6.07, 6.45) is 2.43. The highest BCUT2D eigenvalue weighted by molar-refractivity contribution is 5.58. The zero-order valence-corrected chi connectivity index (χ0v) is 14.3. The van der Waals surface area contributed by atoms with Crippen LogP contribution in [0.15, 0.2) is 18.2 Å². The van der Waals surface area contributed by atoms with E-state index in [1.165, 1.54) is 29.7 Å². The first-order valence-electron chi connectivity index (χ1n) is 8.17. The molecule has 1 aliphatic rings. The van der Waals surface area contributed by atoms with Crippen LogP contribution in [0.2, 0.25) is 0 Å². The van der Waals surface area contributed by atoms with Gasteiger partial charge >= 0.3 is 0 Å². The molecular weight excluding hydrogens is 258 g/mol. The Labute approximate surface area is 130 Å². The number of nitrogens with one attached hydrogen (secondary N) is 1. The highest BCUT2D eigenvalue weighted by Gasteiger charge is 2.16. The average Bonchev–Trinajstić information content (AvgIpc) is 2.78. The Morgan fingerprint density at radius 2 is 2.05 bits per heavy atom. The van der Waals surface area contributed by atoms with E-state index < -0.39 is 0 Å². The number of benzene rings is 1. The van der Waals surface area contributed by atoms with Crippen molar-refractivity contribution < 1.29 is 0 Å². The lowest BCUT2D eigenvalue weighted by Crippen LogP contribution is -2.38. The molecule has 3 heteroatoms. The molecule has 0 spiro atoms. The van der Waals surface area contributed by atoms with Gasteiger partial charge in [-0.3, -0.25) is 0 Å². The molecule has 0 saturated heterocycles. The standard InChI is InChI=1S/C18H31N3/c1-14(2)10-17(20(3)4)13-19-12-15-6-7-18-16(11-15)8-9-21(18)5/h6-7,11,14,17,19H,8-10,12-13H2,1-5H3. The van der Waals surface area contributed by atoms with Gasteiger partial charge in [-0.05, 0) is 50.0 Å². The predicted molar refractivity (Wildman–Crippen MR) is 92.1 cm³/mol. The van der Waals surface area contributed by atoms with Crippen molar-refractivity contribution >= 4 is 5.69 Å². The summed E-state index contributed by atoms with van der Waals surface area (Å²) in [6, 6.07) is 7.53. The van der Waals surface area contributed by atoms with Crippen molar-refractivity contribution in [3.05, 3.63) is 29.3 Å². The molecule has 1 unspecified atom stereocenters. The van der Waals surface area contributed by atoms with Gasteiger partial charge in [0.25, 0.3) is 0 Å². The molecule has 3 nitrogen and oxygen atoms in total. The van der Waals surface area contributed by atoms with Gasteiger partial charge in [0, 0.05) is 38.4 Å². The molecule has 0 aromatic heterocycles. The van der Waals surface area contributed by atoms with Crippen LogP contribution in [0.1, 0.15) is 31.4 Å². The van der Waals surface area contributed by atoms with Crippen LogP contribution in [0.5, 0.6) is 0 Å². The average molecular weight is 289 g/mol. The van der Waals surface area contributed by atoms with Gasteiger partial charge in [-0.25, -0.2) is 0 Å². The first kappa shape index (κ1) is 16.3. The largest absolute Gasteiger partial charge is 0.374 e. The van der Waals surface area contributed by atoms with Crippen molar-refractivity contribution in [2.45, 2.75) is 39.3 Å². The van der Waals surface area contributed by atoms with Gasteiger partial charge in [0.05, 0.1) is 0 Å². The van der Waals surface area contributed by atoms with Gasteiger partial charge in [0.1, 0.15) is 0 Å². The van der Waals surface area contributed by atoms with Gasteiger partial charge in [-0.15, -0.1) is 0 Å². The van der Waals surface area contributed by atoms with E-state index in [4.69, 9.17) is 0 Å². The highest BCUT2D eigenvalue weighted by Crippen LogP contribution is 2.27. The van der Waals surface area contributed by atoms with E-state index in [-0.39, 0.29) is 0 Å². The third kappa shape index (κ3) is 4.45. The Morgan fingerprint density at radius 3 is 2.71 bits per heavy atom. The zero-order chi connectivity index (χ0) is 15.4. The summed E-state index contributed by atoms with van der Waals surface area (Å²) in [7, 11) is 6.54. The molecule has 0 saturated carbocycles. The minimum Gasteiger partial charge on any atom is -0.374 e. The molecule has 0 bridgehead atoms. The van der Waals surface area contributed by atoms with E-state index in [0.717, 1.165) is 25.6 Å². The zero-order valence-electron chi connectivity index (χ0n) is 14.3. The number of fused-ring (bicyclic) bond motifs is 1. The number of hydrogen-bond donors (Lipinski definition) is 1. The maximum atomic E-state index is 3.64. The maximum absolute atomic E-state index is 3.64. The fourth-order valence-corrected chi connectivity index (χ4v) is 3.13. The van der Waals surface area contributed by atoms with Crippen molar-refractivity contribution in [2.75, 3.05) is 39.1 Å². The van der Waals surface area contributed by atoms with E-state index in [0.29, 0.717) is 6.04 Å². The Bertz CT molecular complexity index is 454. The second-order valence-electron chi connectivity index (χ2n) is 7.01. The lowest BCUT2D eigenvalue weighted by atomic mass is 10.0. The van der Waals surface area contributed by atoms with Gasteiger partial charge < -0.3 is 15.1 Å². The summed E-state index contributed by atoms with van der Waals surface area (Å²) in [4.78, 5) is 4.68. The molecule has 0 fully saturated rings. The van der Waals surface area contributed by atoms with Crippen LogP contribution in [0.4, 0.5) is 5.69 Å². The summed E-state index contributed by atoms with van der Waals surface area (Å²) < 4.78 is 0. The van der Waals surface area contributed by atoms with E-state index >= 15 is 0 Å². The Morgan fingerprint density at radius 1 is 1.29 bits per heavy atom. The van der Waals surface area contributed by atoms with Crippen LogP contribution in [0, 0.1) is 5.92 Å². The fourth-order valence-electron chi connectivity index (χ4n) is 3.13. The van der Waals surface area contributed by atoms with Gasteiger partial charge in [-0.2, -0.15) is 0 Å². The number of nitrogens with zero attached hydrogens (tertiary/aromatic N) is 2. The van der Waals surface area contributed by atoms with Crippen molar-refractivity contribution in [1.82, 2.24) is 10.2 Å². The van der Waals surface area contributed by atoms with Gasteiger partial charge in [0.15, 0.2) is 0 Å². The van der Waals surface area contributed by atoms with E-state index in [1.807, 2.05) is 0 Å². The third-order valence-corrected chi connectivity index (χ3v) is 4.45. The van der Waals surface area contributed by atoms with Crippen molar-refractivity contribution in [2.24, 2.45) is 5.92 Å². The molecule has 0 aliphatic carbocycles. The molecule has 1 aromatic carbocycles. The van der Waals surface area contributed by atoms with Crippen molar-refractivity contribution in [3.8, 4) is 0 Å². The molecule has 1 heterocycles. The predicted octanol–water partition coefficient (Wildman–Crippen LogP) is 2.74. The van der Waals surface area contributed by atoms with Crippen molar-refractivity contribution in [1.29, 1.82) is 0 Å². The topological polar surface area (TPSA) is 18.5 Å². The lowest BCUT2D eigenvalue weighted by Gasteiger charge is -2.26. The summed E-state index contributed by atoms with van der Waals surface area (Å²) >= 11 is 0. The molecular formula is C18H31N3. The first-order valence-corrected chi connectivity index (χ1v) is 8.17. The Kier molecular flexibility index (Phi) is 5.65. The second kappa shape index (κ2) is 7.28. The third-order valence-electron chi connectivity index (χ3n) is 4.45. The Hall–Kier alpha value is -1.06. The van der Waals surface area contributed by atoms with E-state index in [2.05, 4.69) is 68.3 Å². The molecule has 21 heavy (non-hydrogen) atoms. The SMILES string of the molecule is CC(C)CC(CNCc1ccc2c(c1)CCN2C)N(C)C. The molecule has 0 radical (unpaired) electrons. The summed E-state index contributed by atoms with van der Waals surface area (Å²) in [5.74, 6) is 0.745.